The van der Waals surface area contributed by atoms with E-state index in [0.29, 0.717) is 16.7 Å². The van der Waals surface area contributed by atoms with E-state index in [9.17, 15) is 4.79 Å². The molecule has 0 spiro atoms. The monoisotopic (exact) mass is 336 g/mol. The third kappa shape index (κ3) is 3.24. The number of hydrogen-bond donors (Lipinski definition) is 1. The fourth-order valence-corrected chi connectivity index (χ4v) is 2.39. The minimum atomic E-state index is -0.278. The van der Waals surface area contributed by atoms with Crippen molar-refractivity contribution in [3.05, 3.63) is 69.2 Å². The average Bonchev–Trinajstić information content (AvgIpc) is 2.61. The largest absolute Gasteiger partial charge is 0.479 e. The molecule has 0 aliphatic carbocycles. The van der Waals surface area contributed by atoms with Gasteiger partial charge in [0.25, 0.3) is 5.56 Å². The Hall–Kier alpha value is -3.24. The first kappa shape index (κ1) is 15.6. The van der Waals surface area contributed by atoms with E-state index in [2.05, 4.69) is 10.1 Å². The van der Waals surface area contributed by atoms with E-state index in [1.165, 1.54) is 6.21 Å². The number of para-hydroxylation sites is 1. The fourth-order valence-electron chi connectivity index (χ4n) is 2.15. The highest BCUT2D eigenvalue weighted by Gasteiger charge is 2.03. The minimum absolute atomic E-state index is 0.00490. The Balaban J connectivity index is 1.92. The van der Waals surface area contributed by atoms with Gasteiger partial charge in [0.1, 0.15) is 11.8 Å². The summed E-state index contributed by atoms with van der Waals surface area (Å²) in [4.78, 5) is 15.4. The van der Waals surface area contributed by atoms with Crippen LogP contribution >= 0.6 is 12.2 Å². The Labute approximate surface area is 142 Å². The maximum atomic E-state index is 12.5. The Morgan fingerprint density at radius 2 is 2.00 bits per heavy atom. The van der Waals surface area contributed by atoms with Gasteiger partial charge in [-0.2, -0.15) is 15.0 Å². The molecule has 118 valence electrons. The lowest BCUT2D eigenvalue weighted by Crippen LogP contribution is -2.18. The summed E-state index contributed by atoms with van der Waals surface area (Å²) in [7, 11) is 0. The van der Waals surface area contributed by atoms with Crippen LogP contribution in [0, 0.1) is 16.1 Å². The van der Waals surface area contributed by atoms with Crippen molar-refractivity contribution >= 4 is 29.3 Å². The van der Waals surface area contributed by atoms with Gasteiger partial charge < -0.3 is 9.72 Å². The van der Waals surface area contributed by atoms with Gasteiger partial charge in [0.2, 0.25) is 4.77 Å². The zero-order valence-electron chi connectivity index (χ0n) is 12.5. The van der Waals surface area contributed by atoms with Crippen LogP contribution in [0.1, 0.15) is 5.56 Å². The predicted molar refractivity (Wildman–Crippen MR) is 93.9 cm³/mol. The van der Waals surface area contributed by atoms with Crippen LogP contribution < -0.4 is 10.3 Å². The first-order valence-corrected chi connectivity index (χ1v) is 7.48. The maximum Gasteiger partial charge on any atom is 0.282 e. The van der Waals surface area contributed by atoms with Crippen molar-refractivity contribution in [1.82, 2.24) is 9.66 Å². The van der Waals surface area contributed by atoms with Crippen LogP contribution in [-0.4, -0.2) is 22.5 Å². The molecule has 1 heterocycles. The highest BCUT2D eigenvalue weighted by atomic mass is 32.1. The van der Waals surface area contributed by atoms with E-state index < -0.39 is 0 Å². The van der Waals surface area contributed by atoms with Crippen LogP contribution in [0.4, 0.5) is 0 Å². The number of rotatable bonds is 4. The van der Waals surface area contributed by atoms with Crippen molar-refractivity contribution in [2.24, 2.45) is 5.10 Å². The standard InChI is InChI=1S/C17H12N4O2S/c18-9-10-23-13-7-5-12(6-8-13)11-19-21-16(22)14-3-1-2-4-15(14)20-17(21)24/h1-8,11H,10H2,(H,20,24)/b19-11-. The Morgan fingerprint density at radius 3 is 2.75 bits per heavy atom. The molecule has 3 aromatic rings. The number of aromatic nitrogens is 2. The van der Waals surface area contributed by atoms with Gasteiger partial charge in [0.15, 0.2) is 6.61 Å². The second-order valence-corrected chi connectivity index (χ2v) is 5.24. The zero-order valence-corrected chi connectivity index (χ0v) is 13.3. The highest BCUT2D eigenvalue weighted by Crippen LogP contribution is 2.11. The topological polar surface area (TPSA) is 83.2 Å². The molecule has 0 aliphatic heterocycles. The van der Waals surface area contributed by atoms with Gasteiger partial charge in [0.05, 0.1) is 17.1 Å². The molecule has 0 bridgehead atoms. The van der Waals surface area contributed by atoms with Gasteiger partial charge >= 0.3 is 0 Å². The van der Waals surface area contributed by atoms with Crippen molar-refractivity contribution < 1.29 is 4.74 Å². The molecule has 2 aromatic carbocycles. The fraction of sp³-hybridized carbons (Fsp3) is 0.0588. The van der Waals surface area contributed by atoms with Crippen LogP contribution in [0.25, 0.3) is 10.9 Å². The molecule has 0 saturated heterocycles. The summed E-state index contributed by atoms with van der Waals surface area (Å²) in [5.74, 6) is 0.592. The Kier molecular flexibility index (Phi) is 4.50. The summed E-state index contributed by atoms with van der Waals surface area (Å²) in [6.07, 6.45) is 1.54. The van der Waals surface area contributed by atoms with Gasteiger partial charge in [-0.3, -0.25) is 4.79 Å². The smallest absolute Gasteiger partial charge is 0.282 e. The minimum Gasteiger partial charge on any atom is -0.479 e. The van der Waals surface area contributed by atoms with Crippen LogP contribution in [0.2, 0.25) is 0 Å². The molecular formula is C17H12N4O2S. The van der Waals surface area contributed by atoms with Gasteiger partial charge in [-0.1, -0.05) is 12.1 Å². The molecule has 7 heteroatoms. The molecule has 1 N–H and O–H groups in total. The van der Waals surface area contributed by atoms with Crippen LogP contribution in [0.15, 0.2) is 58.4 Å². The van der Waals surface area contributed by atoms with E-state index in [1.54, 1.807) is 42.5 Å². The summed E-state index contributed by atoms with van der Waals surface area (Å²) in [5.41, 5.74) is 1.17. The third-order valence-corrected chi connectivity index (χ3v) is 3.56. The van der Waals surface area contributed by atoms with Crippen molar-refractivity contribution in [2.75, 3.05) is 6.61 Å². The summed E-state index contributed by atoms with van der Waals surface area (Å²) < 4.78 is 6.55. The first-order chi connectivity index (χ1) is 11.7. The average molecular weight is 336 g/mol. The number of nitrogens with one attached hydrogen (secondary N) is 1. The predicted octanol–water partition coefficient (Wildman–Crippen LogP) is 2.84. The molecule has 0 amide bonds. The molecule has 0 atom stereocenters. The van der Waals surface area contributed by atoms with E-state index in [4.69, 9.17) is 22.2 Å². The number of hydrogen-bond acceptors (Lipinski definition) is 5. The van der Waals surface area contributed by atoms with E-state index in [1.807, 2.05) is 12.1 Å². The zero-order chi connectivity index (χ0) is 16.9. The number of nitriles is 1. The summed E-state index contributed by atoms with van der Waals surface area (Å²) in [5, 5.41) is 13.2. The summed E-state index contributed by atoms with van der Waals surface area (Å²) in [6, 6.07) is 16.0. The molecular weight excluding hydrogens is 324 g/mol. The molecule has 24 heavy (non-hydrogen) atoms. The summed E-state index contributed by atoms with van der Waals surface area (Å²) >= 11 is 5.19. The van der Waals surface area contributed by atoms with Gasteiger partial charge in [-0.15, -0.1) is 0 Å². The molecule has 0 saturated carbocycles. The van der Waals surface area contributed by atoms with Crippen LogP contribution in [0.3, 0.4) is 0 Å². The molecule has 3 rings (SSSR count). The first-order valence-electron chi connectivity index (χ1n) is 7.07. The second-order valence-electron chi connectivity index (χ2n) is 4.85. The molecule has 0 aliphatic rings. The van der Waals surface area contributed by atoms with Crippen molar-refractivity contribution in [2.45, 2.75) is 0 Å². The van der Waals surface area contributed by atoms with E-state index in [-0.39, 0.29) is 16.9 Å². The Bertz CT molecular complexity index is 1060. The molecule has 0 radical (unpaired) electrons. The number of fused-ring (bicyclic) bond motifs is 1. The van der Waals surface area contributed by atoms with Crippen molar-refractivity contribution in [1.29, 1.82) is 5.26 Å². The van der Waals surface area contributed by atoms with Crippen LogP contribution in [0.5, 0.6) is 5.75 Å². The quantitative estimate of drug-likeness (QED) is 0.586. The SMILES string of the molecule is N#CCOc1ccc(/C=N\n2c(=S)[nH]c3ccccc3c2=O)cc1. The Morgan fingerprint density at radius 1 is 1.25 bits per heavy atom. The second kappa shape index (κ2) is 6.89. The van der Waals surface area contributed by atoms with Gasteiger partial charge in [-0.25, -0.2) is 0 Å². The molecule has 0 fully saturated rings. The molecule has 6 nitrogen and oxygen atoms in total. The van der Waals surface area contributed by atoms with E-state index >= 15 is 0 Å². The van der Waals surface area contributed by atoms with Crippen LogP contribution in [-0.2, 0) is 0 Å². The maximum absolute atomic E-state index is 12.5. The summed E-state index contributed by atoms with van der Waals surface area (Å²) in [6.45, 7) is -0.00490. The number of H-pyrrole nitrogens is 1. The number of ether oxygens (including phenoxy) is 1. The normalized spacial score (nSPS) is 10.8. The van der Waals surface area contributed by atoms with Gasteiger partial charge in [-0.05, 0) is 54.2 Å². The van der Waals surface area contributed by atoms with Crippen molar-refractivity contribution in [3.63, 3.8) is 0 Å². The molecule has 1 aromatic heterocycles. The number of nitrogens with zero attached hydrogens (tertiary/aromatic N) is 3. The lowest BCUT2D eigenvalue weighted by molar-refractivity contribution is 0.368. The van der Waals surface area contributed by atoms with Gasteiger partial charge in [0, 0.05) is 0 Å². The van der Waals surface area contributed by atoms with Crippen molar-refractivity contribution in [3.8, 4) is 11.8 Å². The lowest BCUT2D eigenvalue weighted by atomic mass is 10.2. The number of aromatic amines is 1. The molecule has 0 unspecified atom stereocenters. The van der Waals surface area contributed by atoms with E-state index in [0.717, 1.165) is 10.2 Å². The third-order valence-electron chi connectivity index (χ3n) is 3.29. The number of benzene rings is 2. The highest BCUT2D eigenvalue weighted by molar-refractivity contribution is 7.71. The lowest BCUT2D eigenvalue weighted by Gasteiger charge is -2.03.